The second-order valence-electron chi connectivity index (χ2n) is 7.92. The third kappa shape index (κ3) is 3.00. The van der Waals surface area contributed by atoms with Crippen LogP contribution in [0.5, 0.6) is 5.75 Å². The fraction of sp³-hybridized carbons (Fsp3) is 0.273. The first-order valence-corrected chi connectivity index (χ1v) is 9.40. The van der Waals surface area contributed by atoms with E-state index >= 15 is 0 Å². The highest BCUT2D eigenvalue weighted by Crippen LogP contribution is 2.41. The molecular formula is C22H21BrO4. The van der Waals surface area contributed by atoms with Crippen LogP contribution < -0.4 is 0 Å². The fourth-order valence-corrected chi connectivity index (χ4v) is 3.81. The average molecular weight is 429 g/mol. The number of carbonyl (C=O) groups is 2. The number of aromatic hydroxyl groups is 1. The molecule has 140 valence electrons. The van der Waals surface area contributed by atoms with Crippen LogP contribution in [0.2, 0.25) is 0 Å². The van der Waals surface area contributed by atoms with Gasteiger partial charge in [0.2, 0.25) is 5.78 Å². The zero-order valence-corrected chi connectivity index (χ0v) is 17.5. The van der Waals surface area contributed by atoms with Gasteiger partial charge in [-0.25, -0.2) is 0 Å². The SMILES string of the molecule is Cc1ccc2c(c1C)C(=O)C(O)=C(c1cc(Br)c(O)c(C(C)(C)C)c1)C2=O. The van der Waals surface area contributed by atoms with Gasteiger partial charge in [0, 0.05) is 16.7 Å². The summed E-state index contributed by atoms with van der Waals surface area (Å²) in [4.78, 5) is 26.0. The highest BCUT2D eigenvalue weighted by molar-refractivity contribution is 9.10. The molecule has 27 heavy (non-hydrogen) atoms. The molecular weight excluding hydrogens is 408 g/mol. The fourth-order valence-electron chi connectivity index (χ4n) is 3.35. The number of rotatable bonds is 1. The summed E-state index contributed by atoms with van der Waals surface area (Å²) in [7, 11) is 0. The van der Waals surface area contributed by atoms with Gasteiger partial charge in [-0.2, -0.15) is 0 Å². The molecule has 0 aromatic heterocycles. The van der Waals surface area contributed by atoms with Gasteiger partial charge in [-0.05, 0) is 64.0 Å². The Morgan fingerprint density at radius 1 is 0.963 bits per heavy atom. The van der Waals surface area contributed by atoms with Crippen molar-refractivity contribution < 1.29 is 19.8 Å². The lowest BCUT2D eigenvalue weighted by molar-refractivity contribution is 0.0946. The summed E-state index contributed by atoms with van der Waals surface area (Å²) < 4.78 is 0.399. The molecule has 0 fully saturated rings. The van der Waals surface area contributed by atoms with E-state index in [2.05, 4.69) is 15.9 Å². The van der Waals surface area contributed by atoms with Crippen LogP contribution >= 0.6 is 15.9 Å². The summed E-state index contributed by atoms with van der Waals surface area (Å²) in [5, 5.41) is 21.0. The predicted octanol–water partition coefficient (Wildman–Crippen LogP) is 5.42. The largest absolute Gasteiger partial charge is 0.506 e. The van der Waals surface area contributed by atoms with Crippen molar-refractivity contribution in [3.8, 4) is 5.75 Å². The molecule has 5 heteroatoms. The number of aliphatic hydroxyl groups excluding tert-OH is 1. The van der Waals surface area contributed by atoms with Gasteiger partial charge in [0.15, 0.2) is 11.5 Å². The van der Waals surface area contributed by atoms with E-state index in [0.29, 0.717) is 21.2 Å². The number of ketones is 2. The standard InChI is InChI=1S/C22H21BrO4/c1-10-6-7-13-16(11(10)2)20(26)21(27)17(18(13)24)12-8-14(22(3,4)5)19(25)15(23)9-12/h6-9,25,27H,1-5H3. The number of hydrogen-bond donors (Lipinski definition) is 2. The number of allylic oxidation sites excluding steroid dienone is 2. The van der Waals surface area contributed by atoms with Crippen LogP contribution in [0.25, 0.3) is 5.57 Å². The maximum absolute atomic E-state index is 13.1. The summed E-state index contributed by atoms with van der Waals surface area (Å²) in [6.45, 7) is 9.42. The number of phenols is 1. The van der Waals surface area contributed by atoms with Crippen molar-refractivity contribution in [1.29, 1.82) is 0 Å². The molecule has 0 amide bonds. The Hall–Kier alpha value is -2.40. The molecule has 0 saturated heterocycles. The highest BCUT2D eigenvalue weighted by Gasteiger charge is 2.35. The molecule has 0 saturated carbocycles. The van der Waals surface area contributed by atoms with Crippen molar-refractivity contribution >= 4 is 33.1 Å². The van der Waals surface area contributed by atoms with E-state index in [4.69, 9.17) is 0 Å². The van der Waals surface area contributed by atoms with E-state index in [9.17, 15) is 19.8 Å². The number of fused-ring (bicyclic) bond motifs is 1. The van der Waals surface area contributed by atoms with E-state index in [1.165, 1.54) is 0 Å². The van der Waals surface area contributed by atoms with Crippen LogP contribution in [0.1, 0.15) is 63.7 Å². The normalized spacial score (nSPS) is 14.6. The number of Topliss-reactive ketones (excluding diaryl/α,β-unsaturated/α-hetero) is 2. The molecule has 1 aliphatic carbocycles. The zero-order valence-electron chi connectivity index (χ0n) is 15.9. The van der Waals surface area contributed by atoms with Gasteiger partial charge < -0.3 is 10.2 Å². The maximum Gasteiger partial charge on any atom is 0.229 e. The Bertz CT molecular complexity index is 1040. The second kappa shape index (κ2) is 6.34. The van der Waals surface area contributed by atoms with E-state index in [-0.39, 0.29) is 22.4 Å². The quantitative estimate of drug-likeness (QED) is 0.635. The van der Waals surface area contributed by atoms with Gasteiger partial charge in [0.25, 0.3) is 0 Å². The lowest BCUT2D eigenvalue weighted by Crippen LogP contribution is -2.23. The summed E-state index contributed by atoms with van der Waals surface area (Å²) in [5.74, 6) is -1.43. The number of benzene rings is 2. The van der Waals surface area contributed by atoms with Gasteiger partial charge in [-0.1, -0.05) is 32.9 Å². The molecule has 2 aromatic rings. The van der Waals surface area contributed by atoms with Crippen molar-refractivity contribution in [2.45, 2.75) is 40.0 Å². The van der Waals surface area contributed by atoms with E-state index < -0.39 is 22.7 Å². The third-order valence-electron chi connectivity index (χ3n) is 5.05. The van der Waals surface area contributed by atoms with Gasteiger partial charge in [0.1, 0.15) is 5.75 Å². The molecule has 0 bridgehead atoms. The summed E-state index contributed by atoms with van der Waals surface area (Å²) in [6, 6.07) is 6.63. The van der Waals surface area contributed by atoms with Gasteiger partial charge in [-0.3, -0.25) is 9.59 Å². The topological polar surface area (TPSA) is 74.6 Å². The Balaban J connectivity index is 2.29. The second-order valence-corrected chi connectivity index (χ2v) is 8.77. The molecule has 2 N–H and O–H groups in total. The average Bonchev–Trinajstić information content (AvgIpc) is 2.57. The monoisotopic (exact) mass is 428 g/mol. The highest BCUT2D eigenvalue weighted by atomic mass is 79.9. The van der Waals surface area contributed by atoms with Crippen LogP contribution in [-0.4, -0.2) is 21.8 Å². The van der Waals surface area contributed by atoms with E-state index in [0.717, 1.165) is 5.56 Å². The van der Waals surface area contributed by atoms with Crippen LogP contribution in [0, 0.1) is 13.8 Å². The van der Waals surface area contributed by atoms with Crippen molar-refractivity contribution in [2.24, 2.45) is 0 Å². The molecule has 1 aliphatic rings. The smallest absolute Gasteiger partial charge is 0.229 e. The van der Waals surface area contributed by atoms with Crippen molar-refractivity contribution in [3.05, 3.63) is 67.9 Å². The maximum atomic E-state index is 13.1. The van der Waals surface area contributed by atoms with Crippen molar-refractivity contribution in [3.63, 3.8) is 0 Å². The van der Waals surface area contributed by atoms with E-state index in [1.54, 1.807) is 31.2 Å². The molecule has 0 heterocycles. The van der Waals surface area contributed by atoms with Crippen LogP contribution in [0.3, 0.4) is 0 Å². The first-order chi connectivity index (χ1) is 12.4. The molecule has 0 atom stereocenters. The minimum atomic E-state index is -0.557. The summed E-state index contributed by atoms with van der Waals surface area (Å²) in [5.41, 5.74) is 2.69. The number of phenolic OH excluding ortho intramolecular Hbond substituents is 1. The summed E-state index contributed by atoms with van der Waals surface area (Å²) >= 11 is 3.31. The Kier molecular flexibility index (Phi) is 4.55. The van der Waals surface area contributed by atoms with Gasteiger partial charge in [0.05, 0.1) is 10.0 Å². The third-order valence-corrected chi connectivity index (χ3v) is 5.65. The molecule has 0 spiro atoms. The molecule has 0 unspecified atom stereocenters. The van der Waals surface area contributed by atoms with Crippen LogP contribution in [0.15, 0.2) is 34.5 Å². The Morgan fingerprint density at radius 2 is 1.59 bits per heavy atom. The molecule has 3 rings (SSSR count). The van der Waals surface area contributed by atoms with Gasteiger partial charge in [-0.15, -0.1) is 0 Å². The number of halogens is 1. The minimum Gasteiger partial charge on any atom is -0.506 e. The molecule has 0 radical (unpaired) electrons. The molecule has 0 aliphatic heterocycles. The first kappa shape index (κ1) is 19.4. The number of carbonyl (C=O) groups excluding carboxylic acids is 2. The van der Waals surface area contributed by atoms with Crippen molar-refractivity contribution in [2.75, 3.05) is 0 Å². The number of aliphatic hydroxyl groups is 1. The zero-order chi connectivity index (χ0) is 20.3. The lowest BCUT2D eigenvalue weighted by atomic mass is 9.80. The lowest BCUT2D eigenvalue weighted by Gasteiger charge is -2.24. The Labute approximate surface area is 166 Å². The number of hydrogen-bond acceptors (Lipinski definition) is 4. The van der Waals surface area contributed by atoms with Crippen LogP contribution in [-0.2, 0) is 5.41 Å². The number of aryl methyl sites for hydroxylation is 1. The predicted molar refractivity (Wildman–Crippen MR) is 109 cm³/mol. The first-order valence-electron chi connectivity index (χ1n) is 8.61. The summed E-state index contributed by atoms with van der Waals surface area (Å²) in [6.07, 6.45) is 0. The Morgan fingerprint density at radius 3 is 2.19 bits per heavy atom. The van der Waals surface area contributed by atoms with Crippen LogP contribution in [0.4, 0.5) is 0 Å². The van der Waals surface area contributed by atoms with E-state index in [1.807, 2.05) is 27.7 Å². The minimum absolute atomic E-state index is 0.0399. The van der Waals surface area contributed by atoms with Gasteiger partial charge >= 0.3 is 0 Å². The van der Waals surface area contributed by atoms with Crippen molar-refractivity contribution in [1.82, 2.24) is 0 Å². The molecule has 4 nitrogen and oxygen atoms in total. The molecule has 2 aromatic carbocycles.